The van der Waals surface area contributed by atoms with Crippen molar-refractivity contribution in [2.24, 2.45) is 4.99 Å². The average molecular weight is 304 g/mol. The molecule has 6 heteroatoms. The number of fused-ring (bicyclic) bond motifs is 1. The Balaban J connectivity index is 2.06. The topological polar surface area (TPSA) is 32.7 Å². The summed E-state index contributed by atoms with van der Waals surface area (Å²) in [5.74, 6) is -0.482. The molecule has 0 aliphatic carbocycles. The lowest BCUT2D eigenvalue weighted by atomic mass is 10.1. The zero-order valence-corrected chi connectivity index (χ0v) is 11.3. The molecule has 0 fully saturated rings. The Morgan fingerprint density at radius 2 is 1.64 bits per heavy atom. The molecule has 1 aliphatic heterocycles. The predicted molar refractivity (Wildman–Crippen MR) is 77.7 cm³/mol. The van der Waals surface area contributed by atoms with E-state index in [0.717, 1.165) is 4.90 Å². The molecule has 2 aromatic carbocycles. The van der Waals surface area contributed by atoms with Crippen LogP contribution in [-0.4, -0.2) is 24.3 Å². The molecule has 1 amide bonds. The molecule has 112 valence electrons. The highest BCUT2D eigenvalue weighted by Crippen LogP contribution is 2.36. The van der Waals surface area contributed by atoms with Crippen LogP contribution in [-0.2, 0) is 0 Å². The van der Waals surface area contributed by atoms with Gasteiger partial charge in [0.05, 0.1) is 17.9 Å². The zero-order valence-electron chi connectivity index (χ0n) is 11.3. The summed E-state index contributed by atoms with van der Waals surface area (Å²) >= 11 is 0. The number of rotatable bonds is 1. The third-order valence-corrected chi connectivity index (χ3v) is 3.33. The summed E-state index contributed by atoms with van der Waals surface area (Å²) in [6, 6.07) is 14.5. The highest BCUT2D eigenvalue weighted by atomic mass is 19.4. The van der Waals surface area contributed by atoms with Crippen LogP contribution in [0.25, 0.3) is 0 Å². The highest BCUT2D eigenvalue weighted by molar-refractivity contribution is 6.13. The van der Waals surface area contributed by atoms with Gasteiger partial charge in [-0.15, -0.1) is 0 Å². The van der Waals surface area contributed by atoms with E-state index in [2.05, 4.69) is 4.99 Å². The first kappa shape index (κ1) is 14.3. The van der Waals surface area contributed by atoms with Gasteiger partial charge in [-0.1, -0.05) is 30.3 Å². The number of hydrogen-bond donors (Lipinski definition) is 0. The molecule has 0 atom stereocenters. The molecular formula is C16H11F3N2O. The van der Waals surface area contributed by atoms with Crippen molar-refractivity contribution in [2.45, 2.75) is 6.18 Å². The minimum atomic E-state index is -4.57. The Bertz CT molecular complexity index is 739. The lowest BCUT2D eigenvalue weighted by Crippen LogP contribution is -2.42. The minimum Gasteiger partial charge on any atom is -0.300 e. The number of benzene rings is 2. The van der Waals surface area contributed by atoms with Crippen molar-refractivity contribution in [3.05, 3.63) is 60.2 Å². The van der Waals surface area contributed by atoms with Crippen LogP contribution in [0.2, 0.25) is 0 Å². The average Bonchev–Trinajstić information content (AvgIpc) is 2.53. The smallest absolute Gasteiger partial charge is 0.300 e. The van der Waals surface area contributed by atoms with Crippen molar-refractivity contribution in [1.82, 2.24) is 0 Å². The molecular weight excluding hydrogens is 293 g/mol. The zero-order chi connectivity index (χ0) is 15.7. The SMILES string of the molecule is O=C(c1ccccc1)N1CC(C(F)(F)F)=Nc2ccccc21. The third kappa shape index (κ3) is 2.59. The Kier molecular flexibility index (Phi) is 3.44. The van der Waals surface area contributed by atoms with E-state index in [1.54, 1.807) is 48.5 Å². The Morgan fingerprint density at radius 3 is 2.32 bits per heavy atom. The summed E-state index contributed by atoms with van der Waals surface area (Å²) in [7, 11) is 0. The van der Waals surface area contributed by atoms with Gasteiger partial charge in [0.1, 0.15) is 5.71 Å². The van der Waals surface area contributed by atoms with Crippen molar-refractivity contribution in [3.63, 3.8) is 0 Å². The van der Waals surface area contributed by atoms with Gasteiger partial charge in [-0.05, 0) is 24.3 Å². The molecule has 22 heavy (non-hydrogen) atoms. The van der Waals surface area contributed by atoms with E-state index in [4.69, 9.17) is 0 Å². The number of amides is 1. The Labute approximate surface area is 124 Å². The van der Waals surface area contributed by atoms with Gasteiger partial charge in [-0.2, -0.15) is 13.2 Å². The molecule has 0 bridgehead atoms. The highest BCUT2D eigenvalue weighted by Gasteiger charge is 2.40. The lowest BCUT2D eigenvalue weighted by molar-refractivity contribution is -0.0596. The summed E-state index contributed by atoms with van der Waals surface area (Å²) in [6.45, 7) is -0.589. The van der Waals surface area contributed by atoms with Gasteiger partial charge in [0.15, 0.2) is 0 Å². The standard InChI is InChI=1S/C16H11F3N2O/c17-16(18,19)14-10-21(13-9-5-4-8-12(13)20-14)15(22)11-6-2-1-3-7-11/h1-9H,10H2. The van der Waals surface area contributed by atoms with E-state index in [-0.39, 0.29) is 5.69 Å². The van der Waals surface area contributed by atoms with Crippen molar-refractivity contribution in [3.8, 4) is 0 Å². The fourth-order valence-corrected chi connectivity index (χ4v) is 2.27. The summed E-state index contributed by atoms with van der Waals surface area (Å²) in [5.41, 5.74) is -0.120. The van der Waals surface area contributed by atoms with E-state index in [0.29, 0.717) is 11.3 Å². The summed E-state index contributed by atoms with van der Waals surface area (Å²) < 4.78 is 39.0. The first-order chi connectivity index (χ1) is 10.5. The molecule has 1 heterocycles. The maximum absolute atomic E-state index is 13.0. The number of alkyl halides is 3. The molecule has 3 rings (SSSR count). The fourth-order valence-electron chi connectivity index (χ4n) is 2.27. The van der Waals surface area contributed by atoms with E-state index in [1.165, 1.54) is 6.07 Å². The lowest BCUT2D eigenvalue weighted by Gasteiger charge is -2.29. The quantitative estimate of drug-likeness (QED) is 0.784. The molecule has 1 aliphatic rings. The van der Waals surface area contributed by atoms with Crippen LogP contribution in [0.3, 0.4) is 0 Å². The maximum Gasteiger partial charge on any atom is 0.431 e. The number of aliphatic imine (C=N–C) groups is 1. The summed E-state index contributed by atoms with van der Waals surface area (Å²) in [5, 5.41) is 0. The number of hydrogen-bond acceptors (Lipinski definition) is 2. The van der Waals surface area contributed by atoms with Gasteiger partial charge in [0.2, 0.25) is 0 Å². The van der Waals surface area contributed by atoms with Crippen molar-refractivity contribution < 1.29 is 18.0 Å². The van der Waals surface area contributed by atoms with Gasteiger partial charge in [-0.25, -0.2) is 4.99 Å². The normalized spacial score (nSPS) is 14.3. The predicted octanol–water partition coefficient (Wildman–Crippen LogP) is 3.98. The second-order valence-electron chi connectivity index (χ2n) is 4.80. The number of halogens is 3. The number of anilines is 1. The fraction of sp³-hybridized carbons (Fsp3) is 0.125. The second-order valence-corrected chi connectivity index (χ2v) is 4.80. The number of carbonyl (C=O) groups is 1. The molecule has 0 spiro atoms. The first-order valence-electron chi connectivity index (χ1n) is 6.57. The molecule has 3 nitrogen and oxygen atoms in total. The van der Waals surface area contributed by atoms with Crippen LogP contribution in [0, 0.1) is 0 Å². The van der Waals surface area contributed by atoms with E-state index in [9.17, 15) is 18.0 Å². The monoisotopic (exact) mass is 304 g/mol. The molecule has 0 radical (unpaired) electrons. The van der Waals surface area contributed by atoms with Gasteiger partial charge >= 0.3 is 6.18 Å². The Morgan fingerprint density at radius 1 is 1.00 bits per heavy atom. The van der Waals surface area contributed by atoms with Crippen LogP contribution in [0.5, 0.6) is 0 Å². The largest absolute Gasteiger partial charge is 0.431 e. The van der Waals surface area contributed by atoms with Crippen LogP contribution in [0.15, 0.2) is 59.6 Å². The summed E-state index contributed by atoms with van der Waals surface area (Å²) in [4.78, 5) is 17.3. The molecule has 0 unspecified atom stereocenters. The number of para-hydroxylation sites is 2. The van der Waals surface area contributed by atoms with E-state index in [1.807, 2.05) is 0 Å². The van der Waals surface area contributed by atoms with Crippen LogP contribution < -0.4 is 4.90 Å². The van der Waals surface area contributed by atoms with Crippen molar-refractivity contribution in [2.75, 3.05) is 11.4 Å². The van der Waals surface area contributed by atoms with Crippen molar-refractivity contribution in [1.29, 1.82) is 0 Å². The van der Waals surface area contributed by atoms with Gasteiger partial charge < -0.3 is 4.90 Å². The van der Waals surface area contributed by atoms with Gasteiger partial charge in [0, 0.05) is 5.56 Å². The van der Waals surface area contributed by atoms with E-state index >= 15 is 0 Å². The second kappa shape index (κ2) is 5.29. The molecule has 0 saturated heterocycles. The molecule has 2 aromatic rings. The van der Waals surface area contributed by atoms with Crippen LogP contribution in [0.4, 0.5) is 24.5 Å². The molecule has 0 saturated carbocycles. The van der Waals surface area contributed by atoms with Crippen molar-refractivity contribution >= 4 is 23.0 Å². The van der Waals surface area contributed by atoms with Crippen LogP contribution in [0.1, 0.15) is 10.4 Å². The Hall–Kier alpha value is -2.63. The van der Waals surface area contributed by atoms with E-state index < -0.39 is 24.3 Å². The molecule has 0 aromatic heterocycles. The number of carbonyl (C=O) groups excluding carboxylic acids is 1. The first-order valence-corrected chi connectivity index (χ1v) is 6.57. The van der Waals surface area contributed by atoms with Crippen LogP contribution >= 0.6 is 0 Å². The van der Waals surface area contributed by atoms with Gasteiger partial charge in [0.25, 0.3) is 5.91 Å². The maximum atomic E-state index is 13.0. The van der Waals surface area contributed by atoms with Gasteiger partial charge in [-0.3, -0.25) is 4.79 Å². The summed E-state index contributed by atoms with van der Waals surface area (Å²) in [6.07, 6.45) is -4.57. The number of nitrogens with zero attached hydrogens (tertiary/aromatic N) is 2. The molecule has 0 N–H and O–H groups in total. The minimum absolute atomic E-state index is 0.144. The third-order valence-electron chi connectivity index (χ3n) is 3.33.